The summed E-state index contributed by atoms with van der Waals surface area (Å²) >= 11 is 0. The van der Waals surface area contributed by atoms with E-state index in [9.17, 15) is 9.59 Å². The first-order valence-corrected chi connectivity index (χ1v) is 11.9. The maximum Gasteiger partial charge on any atom is 0.228 e. The van der Waals surface area contributed by atoms with Gasteiger partial charge in [0.2, 0.25) is 11.8 Å². The third-order valence-electron chi connectivity index (χ3n) is 7.32. The van der Waals surface area contributed by atoms with Gasteiger partial charge in [0.15, 0.2) is 0 Å². The number of rotatable bonds is 5. The number of hydrogen-bond donors (Lipinski definition) is 0. The van der Waals surface area contributed by atoms with Crippen molar-refractivity contribution in [2.75, 3.05) is 51.3 Å². The van der Waals surface area contributed by atoms with Gasteiger partial charge in [-0.05, 0) is 75.2 Å². The average molecular weight is 428 g/mol. The van der Waals surface area contributed by atoms with E-state index < -0.39 is 0 Å². The van der Waals surface area contributed by atoms with Crippen molar-refractivity contribution in [3.05, 3.63) is 23.8 Å². The van der Waals surface area contributed by atoms with Gasteiger partial charge in [-0.15, -0.1) is 0 Å². The summed E-state index contributed by atoms with van der Waals surface area (Å²) in [5.41, 5.74) is 1.85. The largest absolute Gasteiger partial charge is 0.495 e. The van der Waals surface area contributed by atoms with Gasteiger partial charge in [-0.25, -0.2) is 0 Å². The van der Waals surface area contributed by atoms with Crippen LogP contribution >= 0.6 is 0 Å². The molecular formula is C25H37N3O3. The van der Waals surface area contributed by atoms with Gasteiger partial charge in [-0.1, -0.05) is 13.0 Å². The molecule has 2 unspecified atom stereocenters. The zero-order valence-corrected chi connectivity index (χ0v) is 19.3. The predicted molar refractivity (Wildman–Crippen MR) is 122 cm³/mol. The van der Waals surface area contributed by atoms with E-state index in [-0.39, 0.29) is 17.7 Å². The molecule has 3 heterocycles. The molecule has 3 aliphatic rings. The summed E-state index contributed by atoms with van der Waals surface area (Å²) in [6.45, 7) is 9.94. The van der Waals surface area contributed by atoms with Crippen LogP contribution in [0.15, 0.2) is 18.2 Å². The van der Waals surface area contributed by atoms with Crippen LogP contribution in [0.25, 0.3) is 0 Å². The molecule has 1 aromatic carbocycles. The number of benzene rings is 1. The summed E-state index contributed by atoms with van der Waals surface area (Å²) in [6, 6.07) is 5.84. The van der Waals surface area contributed by atoms with E-state index in [4.69, 9.17) is 4.74 Å². The number of likely N-dealkylation sites (tertiary alicyclic amines) is 2. The standard InChI is InChI=1S/C25H37N3O3/c1-18-8-11-26(12-9-18)15-20-5-4-10-27(16-20)25(30)21-14-24(29)28(17-21)22-13-19(2)6-7-23(22)31-3/h6-7,13,18,20-21H,4-5,8-12,14-17H2,1-3H3. The van der Waals surface area contributed by atoms with Crippen LogP contribution in [0.2, 0.25) is 0 Å². The van der Waals surface area contributed by atoms with Crippen molar-refractivity contribution in [1.82, 2.24) is 9.80 Å². The van der Waals surface area contributed by atoms with Gasteiger partial charge in [0, 0.05) is 32.6 Å². The van der Waals surface area contributed by atoms with Crippen molar-refractivity contribution < 1.29 is 14.3 Å². The van der Waals surface area contributed by atoms with E-state index >= 15 is 0 Å². The van der Waals surface area contributed by atoms with Gasteiger partial charge >= 0.3 is 0 Å². The molecule has 0 bridgehead atoms. The number of anilines is 1. The predicted octanol–water partition coefficient (Wildman–Crippen LogP) is 3.33. The Balaban J connectivity index is 1.37. The lowest BCUT2D eigenvalue weighted by molar-refractivity contribution is -0.137. The number of piperidine rings is 2. The first kappa shape index (κ1) is 22.1. The van der Waals surface area contributed by atoms with Gasteiger partial charge in [0.05, 0.1) is 18.7 Å². The second-order valence-electron chi connectivity index (χ2n) is 9.86. The number of methoxy groups -OCH3 is 1. The van der Waals surface area contributed by atoms with Crippen LogP contribution in [0.1, 0.15) is 44.6 Å². The lowest BCUT2D eigenvalue weighted by atomic mass is 9.93. The first-order chi connectivity index (χ1) is 14.9. The van der Waals surface area contributed by atoms with Crippen LogP contribution in [-0.2, 0) is 9.59 Å². The Kier molecular flexibility index (Phi) is 6.85. The molecule has 0 radical (unpaired) electrons. The fourth-order valence-corrected chi connectivity index (χ4v) is 5.40. The van der Waals surface area contributed by atoms with Crippen molar-refractivity contribution in [3.8, 4) is 5.75 Å². The molecule has 170 valence electrons. The summed E-state index contributed by atoms with van der Waals surface area (Å²) in [5.74, 6) is 1.98. The molecule has 0 N–H and O–H groups in total. The number of carbonyl (C=O) groups is 2. The number of ether oxygens (including phenoxy) is 1. The van der Waals surface area contributed by atoms with E-state index in [1.54, 1.807) is 12.0 Å². The van der Waals surface area contributed by atoms with Crippen molar-refractivity contribution >= 4 is 17.5 Å². The average Bonchev–Trinajstić information content (AvgIpc) is 3.16. The van der Waals surface area contributed by atoms with Crippen LogP contribution in [0.5, 0.6) is 5.75 Å². The highest BCUT2D eigenvalue weighted by molar-refractivity contribution is 6.01. The minimum absolute atomic E-state index is 0.0123. The molecule has 0 aliphatic carbocycles. The van der Waals surface area contributed by atoms with Crippen LogP contribution in [0.3, 0.4) is 0 Å². The summed E-state index contributed by atoms with van der Waals surface area (Å²) in [4.78, 5) is 32.5. The molecule has 3 saturated heterocycles. The van der Waals surface area contributed by atoms with Crippen molar-refractivity contribution in [3.63, 3.8) is 0 Å². The Labute approximate surface area is 186 Å². The summed E-state index contributed by atoms with van der Waals surface area (Å²) in [5, 5.41) is 0. The Hall–Kier alpha value is -2.08. The fraction of sp³-hybridized carbons (Fsp3) is 0.680. The summed E-state index contributed by atoms with van der Waals surface area (Å²) in [6.07, 6.45) is 5.14. The molecule has 4 rings (SSSR count). The number of aryl methyl sites for hydroxylation is 1. The van der Waals surface area contributed by atoms with Gasteiger partial charge < -0.3 is 19.4 Å². The van der Waals surface area contributed by atoms with E-state index in [0.29, 0.717) is 24.6 Å². The zero-order valence-electron chi connectivity index (χ0n) is 19.3. The Morgan fingerprint density at radius 2 is 1.90 bits per heavy atom. The molecule has 0 saturated carbocycles. The summed E-state index contributed by atoms with van der Waals surface area (Å²) in [7, 11) is 1.62. The number of amides is 2. The number of carbonyl (C=O) groups excluding carboxylic acids is 2. The molecule has 31 heavy (non-hydrogen) atoms. The van der Waals surface area contributed by atoms with Gasteiger partial charge in [-0.2, -0.15) is 0 Å². The quantitative estimate of drug-likeness (QED) is 0.723. The van der Waals surface area contributed by atoms with Crippen LogP contribution in [0, 0.1) is 24.7 Å². The minimum Gasteiger partial charge on any atom is -0.495 e. The first-order valence-electron chi connectivity index (χ1n) is 11.9. The molecule has 3 fully saturated rings. The maximum absolute atomic E-state index is 13.3. The zero-order chi connectivity index (χ0) is 22.0. The van der Waals surface area contributed by atoms with Crippen molar-refractivity contribution in [2.45, 2.75) is 46.0 Å². The van der Waals surface area contributed by atoms with Crippen LogP contribution < -0.4 is 9.64 Å². The Bertz CT molecular complexity index is 803. The molecule has 2 amide bonds. The molecule has 0 spiro atoms. The van der Waals surface area contributed by atoms with E-state index in [2.05, 4.69) is 11.8 Å². The summed E-state index contributed by atoms with van der Waals surface area (Å²) < 4.78 is 5.47. The van der Waals surface area contributed by atoms with Gasteiger partial charge in [0.25, 0.3) is 0 Å². The highest BCUT2D eigenvalue weighted by Gasteiger charge is 2.39. The highest BCUT2D eigenvalue weighted by atomic mass is 16.5. The van der Waals surface area contributed by atoms with Crippen molar-refractivity contribution in [2.24, 2.45) is 17.8 Å². The highest BCUT2D eigenvalue weighted by Crippen LogP contribution is 2.35. The monoisotopic (exact) mass is 427 g/mol. The molecule has 3 aliphatic heterocycles. The third-order valence-corrected chi connectivity index (χ3v) is 7.32. The third kappa shape index (κ3) is 5.05. The maximum atomic E-state index is 13.3. The second kappa shape index (κ2) is 9.60. The number of hydrogen-bond acceptors (Lipinski definition) is 4. The SMILES string of the molecule is COc1ccc(C)cc1N1CC(C(=O)N2CCCC(CN3CCC(C)CC3)C2)CC1=O. The molecule has 6 nitrogen and oxygen atoms in total. The second-order valence-corrected chi connectivity index (χ2v) is 9.86. The van der Waals surface area contributed by atoms with Crippen LogP contribution in [-0.4, -0.2) is 68.0 Å². The lowest BCUT2D eigenvalue weighted by Gasteiger charge is -2.38. The molecule has 2 atom stereocenters. The van der Waals surface area contributed by atoms with Crippen molar-refractivity contribution in [1.29, 1.82) is 0 Å². The molecule has 1 aromatic rings. The van der Waals surface area contributed by atoms with Crippen LogP contribution in [0.4, 0.5) is 5.69 Å². The van der Waals surface area contributed by atoms with Gasteiger partial charge in [-0.3, -0.25) is 9.59 Å². The smallest absolute Gasteiger partial charge is 0.228 e. The Morgan fingerprint density at radius 3 is 2.65 bits per heavy atom. The van der Waals surface area contributed by atoms with E-state index in [1.165, 1.54) is 32.4 Å². The van der Waals surface area contributed by atoms with E-state index in [0.717, 1.165) is 43.2 Å². The Morgan fingerprint density at radius 1 is 1.13 bits per heavy atom. The number of nitrogens with zero attached hydrogens (tertiary/aromatic N) is 3. The van der Waals surface area contributed by atoms with E-state index in [1.807, 2.05) is 30.0 Å². The molecular weight excluding hydrogens is 390 g/mol. The normalized spacial score (nSPS) is 25.8. The lowest BCUT2D eigenvalue weighted by Crippen LogP contribution is -2.47. The minimum atomic E-state index is -0.257. The molecule has 6 heteroatoms. The fourth-order valence-electron chi connectivity index (χ4n) is 5.40. The topological polar surface area (TPSA) is 53.1 Å². The van der Waals surface area contributed by atoms with Gasteiger partial charge in [0.1, 0.15) is 5.75 Å². The molecule has 0 aromatic heterocycles.